The average molecular weight is 202 g/mol. The van der Waals surface area contributed by atoms with E-state index in [1.165, 1.54) is 7.11 Å². The molecule has 14 heavy (non-hydrogen) atoms. The van der Waals surface area contributed by atoms with E-state index < -0.39 is 0 Å². The molecule has 1 saturated heterocycles. The number of methoxy groups -OCH3 is 1. The van der Waals surface area contributed by atoms with Crippen LogP contribution < -0.4 is 0 Å². The SMILES string of the molecule is C=O.COC(=O)C1CCCN(C)N1C. The fraction of sp³-hybridized carbons (Fsp3) is 0.778. The van der Waals surface area contributed by atoms with E-state index in [2.05, 4.69) is 0 Å². The van der Waals surface area contributed by atoms with E-state index in [4.69, 9.17) is 9.53 Å². The zero-order chi connectivity index (χ0) is 11.1. The second-order valence-electron chi connectivity index (χ2n) is 3.14. The van der Waals surface area contributed by atoms with E-state index in [0.29, 0.717) is 0 Å². The second kappa shape index (κ2) is 6.50. The summed E-state index contributed by atoms with van der Waals surface area (Å²) in [6.45, 7) is 3.02. The van der Waals surface area contributed by atoms with Crippen molar-refractivity contribution in [2.75, 3.05) is 27.7 Å². The number of ether oxygens (including phenoxy) is 1. The molecule has 0 aliphatic carbocycles. The lowest BCUT2D eigenvalue weighted by atomic mass is 10.1. The van der Waals surface area contributed by atoms with Gasteiger partial charge in [-0.2, -0.15) is 0 Å². The normalized spacial score (nSPS) is 23.5. The van der Waals surface area contributed by atoms with E-state index in [1.54, 1.807) is 0 Å². The van der Waals surface area contributed by atoms with E-state index in [-0.39, 0.29) is 12.0 Å². The number of nitrogens with zero attached hydrogens (tertiary/aromatic N) is 2. The highest BCUT2D eigenvalue weighted by molar-refractivity contribution is 5.75. The number of carbonyl (C=O) groups excluding carboxylic acids is 2. The smallest absolute Gasteiger partial charge is 0.324 e. The molecule has 1 fully saturated rings. The molecular weight excluding hydrogens is 184 g/mol. The van der Waals surface area contributed by atoms with Crippen LogP contribution in [-0.4, -0.2) is 56.6 Å². The Hall–Kier alpha value is -0.940. The summed E-state index contributed by atoms with van der Waals surface area (Å²) in [5.74, 6) is -0.135. The summed E-state index contributed by atoms with van der Waals surface area (Å²) in [6, 6.07) is -0.0891. The molecule has 0 aromatic rings. The van der Waals surface area contributed by atoms with Crippen LogP contribution in [0.2, 0.25) is 0 Å². The molecule has 0 aromatic carbocycles. The van der Waals surface area contributed by atoms with Crippen molar-refractivity contribution in [3.05, 3.63) is 0 Å². The first kappa shape index (κ1) is 13.1. The Morgan fingerprint density at radius 3 is 2.50 bits per heavy atom. The first-order chi connectivity index (χ1) is 6.66. The van der Waals surface area contributed by atoms with E-state index in [9.17, 15) is 4.79 Å². The van der Waals surface area contributed by atoms with Gasteiger partial charge in [0.15, 0.2) is 0 Å². The van der Waals surface area contributed by atoms with Crippen molar-refractivity contribution in [2.45, 2.75) is 18.9 Å². The molecule has 0 radical (unpaired) electrons. The first-order valence-corrected chi connectivity index (χ1v) is 4.47. The van der Waals surface area contributed by atoms with Crippen LogP contribution in [-0.2, 0) is 14.3 Å². The van der Waals surface area contributed by atoms with Gasteiger partial charge in [0.25, 0.3) is 0 Å². The largest absolute Gasteiger partial charge is 0.468 e. The fourth-order valence-corrected chi connectivity index (χ4v) is 1.50. The fourth-order valence-electron chi connectivity index (χ4n) is 1.50. The summed E-state index contributed by atoms with van der Waals surface area (Å²) in [6.07, 6.45) is 1.95. The molecule has 0 bridgehead atoms. The molecule has 0 amide bonds. The second-order valence-corrected chi connectivity index (χ2v) is 3.14. The van der Waals surface area contributed by atoms with Crippen molar-refractivity contribution in [2.24, 2.45) is 0 Å². The minimum atomic E-state index is -0.135. The molecule has 0 spiro atoms. The summed E-state index contributed by atoms with van der Waals surface area (Å²) in [7, 11) is 5.33. The maximum Gasteiger partial charge on any atom is 0.324 e. The molecule has 5 nitrogen and oxygen atoms in total. The third-order valence-corrected chi connectivity index (χ3v) is 2.42. The number of hydrogen-bond donors (Lipinski definition) is 0. The van der Waals surface area contributed by atoms with Gasteiger partial charge >= 0.3 is 5.97 Å². The van der Waals surface area contributed by atoms with Gasteiger partial charge in [0.2, 0.25) is 0 Å². The Kier molecular flexibility index (Phi) is 6.07. The standard InChI is InChI=1S/C8H16N2O2.CH2O/c1-9-6-4-5-7(10(9)2)8(11)12-3;1-2/h7H,4-6H2,1-3H3;1H2. The van der Waals surface area contributed by atoms with Crippen LogP contribution in [0.4, 0.5) is 0 Å². The molecule has 1 heterocycles. The van der Waals surface area contributed by atoms with Crippen LogP contribution in [0.5, 0.6) is 0 Å². The third kappa shape index (κ3) is 3.08. The Labute approximate surface area is 84.6 Å². The molecule has 82 valence electrons. The van der Waals surface area contributed by atoms with Crippen LogP contribution in [0.3, 0.4) is 0 Å². The lowest BCUT2D eigenvalue weighted by Crippen LogP contribution is -2.52. The third-order valence-electron chi connectivity index (χ3n) is 2.42. The van der Waals surface area contributed by atoms with Crippen molar-refractivity contribution in [1.29, 1.82) is 0 Å². The van der Waals surface area contributed by atoms with E-state index >= 15 is 0 Å². The topological polar surface area (TPSA) is 49.9 Å². The maximum atomic E-state index is 11.2. The highest BCUT2D eigenvalue weighted by Gasteiger charge is 2.29. The molecule has 0 aromatic heterocycles. The number of hydrogen-bond acceptors (Lipinski definition) is 5. The van der Waals surface area contributed by atoms with Gasteiger partial charge in [0.05, 0.1) is 7.11 Å². The average Bonchev–Trinajstić information content (AvgIpc) is 2.24. The van der Waals surface area contributed by atoms with Crippen molar-refractivity contribution in [3.8, 4) is 0 Å². The van der Waals surface area contributed by atoms with Crippen molar-refractivity contribution in [3.63, 3.8) is 0 Å². The van der Waals surface area contributed by atoms with Crippen molar-refractivity contribution >= 4 is 12.8 Å². The predicted molar refractivity (Wildman–Crippen MR) is 52.6 cm³/mol. The molecule has 1 aliphatic heterocycles. The van der Waals surface area contributed by atoms with E-state index in [0.717, 1.165) is 19.4 Å². The predicted octanol–water partition coefficient (Wildman–Crippen LogP) is -0.0845. The molecular formula is C9H18N2O3. The highest BCUT2D eigenvalue weighted by Crippen LogP contribution is 2.15. The number of hydrazine groups is 1. The number of esters is 1. The molecule has 1 aliphatic rings. The first-order valence-electron chi connectivity index (χ1n) is 4.47. The highest BCUT2D eigenvalue weighted by atomic mass is 16.5. The number of rotatable bonds is 1. The van der Waals surface area contributed by atoms with Gasteiger partial charge in [0, 0.05) is 20.6 Å². The monoisotopic (exact) mass is 202 g/mol. The van der Waals surface area contributed by atoms with Gasteiger partial charge in [-0.15, -0.1) is 0 Å². The lowest BCUT2D eigenvalue weighted by Gasteiger charge is -2.38. The summed E-state index contributed by atoms with van der Waals surface area (Å²) < 4.78 is 4.70. The van der Waals surface area contributed by atoms with Crippen LogP contribution in [0.25, 0.3) is 0 Å². The zero-order valence-electron chi connectivity index (χ0n) is 9.02. The molecule has 1 atom stereocenters. The van der Waals surface area contributed by atoms with Gasteiger partial charge in [-0.1, -0.05) is 0 Å². The summed E-state index contributed by atoms with van der Waals surface area (Å²) in [5.41, 5.74) is 0. The molecule has 5 heteroatoms. The number of carbonyl (C=O) groups is 2. The van der Waals surface area contributed by atoms with Crippen LogP contribution >= 0.6 is 0 Å². The van der Waals surface area contributed by atoms with Crippen molar-refractivity contribution < 1.29 is 14.3 Å². The lowest BCUT2D eigenvalue weighted by molar-refractivity contribution is -0.157. The van der Waals surface area contributed by atoms with Gasteiger partial charge in [-0.05, 0) is 12.8 Å². The summed E-state index contributed by atoms with van der Waals surface area (Å²) in [5, 5.41) is 3.99. The Balaban J connectivity index is 0.000000791. The Bertz CT molecular complexity index is 187. The quantitative estimate of drug-likeness (QED) is 0.556. The molecule has 0 N–H and O–H groups in total. The van der Waals surface area contributed by atoms with Gasteiger partial charge in [0.1, 0.15) is 12.8 Å². The summed E-state index contributed by atoms with van der Waals surface area (Å²) >= 11 is 0. The van der Waals surface area contributed by atoms with Crippen LogP contribution in [0.15, 0.2) is 0 Å². The minimum absolute atomic E-state index is 0.0891. The summed E-state index contributed by atoms with van der Waals surface area (Å²) in [4.78, 5) is 19.2. The van der Waals surface area contributed by atoms with Gasteiger partial charge in [-0.3, -0.25) is 4.79 Å². The van der Waals surface area contributed by atoms with E-state index in [1.807, 2.05) is 30.9 Å². The van der Waals surface area contributed by atoms with Gasteiger partial charge < -0.3 is 9.53 Å². The maximum absolute atomic E-state index is 11.2. The Morgan fingerprint density at radius 2 is 2.00 bits per heavy atom. The molecule has 0 saturated carbocycles. The van der Waals surface area contributed by atoms with Crippen molar-refractivity contribution in [1.82, 2.24) is 10.0 Å². The molecule has 1 unspecified atom stereocenters. The van der Waals surface area contributed by atoms with Gasteiger partial charge in [-0.25, -0.2) is 10.0 Å². The minimum Gasteiger partial charge on any atom is -0.468 e. The zero-order valence-corrected chi connectivity index (χ0v) is 9.02. The van der Waals surface area contributed by atoms with Crippen LogP contribution in [0, 0.1) is 0 Å². The molecule has 1 rings (SSSR count). The number of likely N-dealkylation sites (N-methyl/N-ethyl adjacent to an activating group) is 1. The van der Waals surface area contributed by atoms with Crippen LogP contribution in [0.1, 0.15) is 12.8 Å². The Morgan fingerprint density at radius 1 is 1.43 bits per heavy atom.